The van der Waals surface area contributed by atoms with E-state index in [1.807, 2.05) is 42.5 Å². The van der Waals surface area contributed by atoms with E-state index in [1.165, 1.54) is 0 Å². The van der Waals surface area contributed by atoms with Gasteiger partial charge in [-0.15, -0.1) is 0 Å². The smallest absolute Gasteiger partial charge is 0.124 e. The first-order chi connectivity index (χ1) is 9.84. The van der Waals surface area contributed by atoms with Gasteiger partial charge in [0.05, 0.1) is 6.54 Å². The number of hydrogen-bond acceptors (Lipinski definition) is 3. The third-order valence-corrected chi connectivity index (χ3v) is 3.16. The van der Waals surface area contributed by atoms with Crippen molar-refractivity contribution < 1.29 is 5.11 Å². The van der Waals surface area contributed by atoms with Crippen molar-refractivity contribution in [3.05, 3.63) is 72.1 Å². The molecule has 1 heterocycles. The van der Waals surface area contributed by atoms with Gasteiger partial charge in [-0.25, -0.2) is 0 Å². The lowest BCUT2D eigenvalue weighted by Gasteiger charge is -2.04. The minimum Gasteiger partial charge on any atom is -0.507 e. The molecule has 0 radical (unpaired) electrons. The van der Waals surface area contributed by atoms with Crippen LogP contribution in [0.5, 0.6) is 5.75 Å². The van der Waals surface area contributed by atoms with Gasteiger partial charge < -0.3 is 5.11 Å². The highest BCUT2D eigenvalue weighted by atomic mass is 16.3. The summed E-state index contributed by atoms with van der Waals surface area (Å²) >= 11 is 0. The second-order valence-electron chi connectivity index (χ2n) is 4.55. The van der Waals surface area contributed by atoms with Gasteiger partial charge in [-0.3, -0.25) is 9.98 Å². The topological polar surface area (TPSA) is 45.5 Å². The minimum atomic E-state index is 0.249. The van der Waals surface area contributed by atoms with Crippen LogP contribution in [0.15, 0.2) is 65.9 Å². The van der Waals surface area contributed by atoms with Crippen molar-refractivity contribution in [3.63, 3.8) is 0 Å². The van der Waals surface area contributed by atoms with Gasteiger partial charge in [0, 0.05) is 24.2 Å². The summed E-state index contributed by atoms with van der Waals surface area (Å²) < 4.78 is 0. The molecule has 2 aromatic carbocycles. The van der Waals surface area contributed by atoms with Crippen LogP contribution in [0.3, 0.4) is 0 Å². The van der Waals surface area contributed by atoms with Gasteiger partial charge in [-0.05, 0) is 28.5 Å². The summed E-state index contributed by atoms with van der Waals surface area (Å²) in [5.74, 6) is 0.249. The average Bonchev–Trinajstić information content (AvgIpc) is 2.50. The molecule has 0 aliphatic rings. The summed E-state index contributed by atoms with van der Waals surface area (Å²) in [7, 11) is 0. The maximum atomic E-state index is 10.0. The molecule has 0 spiro atoms. The summed E-state index contributed by atoms with van der Waals surface area (Å²) in [6.07, 6.45) is 5.26. The van der Waals surface area contributed by atoms with Crippen molar-refractivity contribution in [2.24, 2.45) is 4.99 Å². The van der Waals surface area contributed by atoms with E-state index in [-0.39, 0.29) is 5.75 Å². The predicted molar refractivity (Wildman–Crippen MR) is 81.1 cm³/mol. The van der Waals surface area contributed by atoms with E-state index in [2.05, 4.69) is 9.98 Å². The Hall–Kier alpha value is -2.68. The van der Waals surface area contributed by atoms with E-state index in [0.29, 0.717) is 6.54 Å². The average molecular weight is 262 g/mol. The molecule has 0 atom stereocenters. The Morgan fingerprint density at radius 1 is 1.05 bits per heavy atom. The molecular weight excluding hydrogens is 248 g/mol. The van der Waals surface area contributed by atoms with Crippen LogP contribution in [0, 0.1) is 0 Å². The van der Waals surface area contributed by atoms with Crippen LogP contribution >= 0.6 is 0 Å². The van der Waals surface area contributed by atoms with Gasteiger partial charge in [0.2, 0.25) is 0 Å². The molecule has 3 rings (SSSR count). The number of phenolic OH excluding ortho intramolecular Hbond substituents is 1. The van der Waals surface area contributed by atoms with Crippen molar-refractivity contribution in [3.8, 4) is 5.75 Å². The highest BCUT2D eigenvalue weighted by molar-refractivity contribution is 6.02. The molecule has 0 saturated heterocycles. The predicted octanol–water partition coefficient (Wildman–Crippen LogP) is 3.56. The lowest BCUT2D eigenvalue weighted by atomic mass is 10.0. The molecule has 0 bridgehead atoms. The number of rotatable bonds is 3. The number of aliphatic imine (C=N–C) groups is 1. The van der Waals surface area contributed by atoms with Gasteiger partial charge in [0.25, 0.3) is 0 Å². The lowest BCUT2D eigenvalue weighted by molar-refractivity contribution is 0.475. The lowest BCUT2D eigenvalue weighted by Crippen LogP contribution is -1.88. The maximum absolute atomic E-state index is 10.0. The highest BCUT2D eigenvalue weighted by Crippen LogP contribution is 2.25. The molecule has 3 aromatic rings. The Kier molecular flexibility index (Phi) is 3.42. The third kappa shape index (κ3) is 2.52. The van der Waals surface area contributed by atoms with Crippen molar-refractivity contribution >= 4 is 17.0 Å². The van der Waals surface area contributed by atoms with E-state index in [4.69, 9.17) is 0 Å². The van der Waals surface area contributed by atoms with Gasteiger partial charge in [0.15, 0.2) is 0 Å². The molecule has 98 valence electrons. The normalized spacial score (nSPS) is 11.2. The largest absolute Gasteiger partial charge is 0.507 e. The number of hydrogen-bond donors (Lipinski definition) is 1. The van der Waals surface area contributed by atoms with Crippen LogP contribution < -0.4 is 0 Å². The van der Waals surface area contributed by atoms with Gasteiger partial charge in [0.1, 0.15) is 5.75 Å². The molecule has 1 N–H and O–H groups in total. The van der Waals surface area contributed by atoms with Crippen LogP contribution in [0.1, 0.15) is 11.1 Å². The fourth-order valence-corrected chi connectivity index (χ4v) is 2.15. The quantitative estimate of drug-likeness (QED) is 0.733. The third-order valence-electron chi connectivity index (χ3n) is 3.16. The first-order valence-corrected chi connectivity index (χ1v) is 6.44. The Bertz CT molecular complexity index is 751. The number of benzene rings is 2. The second-order valence-corrected chi connectivity index (χ2v) is 4.55. The molecular formula is C17H14N2O. The zero-order chi connectivity index (χ0) is 13.8. The van der Waals surface area contributed by atoms with Crippen LogP contribution in [0.2, 0.25) is 0 Å². The fraction of sp³-hybridized carbons (Fsp3) is 0.0588. The summed E-state index contributed by atoms with van der Waals surface area (Å²) in [5, 5.41) is 12.1. The Balaban J connectivity index is 1.92. The number of pyridine rings is 1. The van der Waals surface area contributed by atoms with Gasteiger partial charge in [-0.1, -0.05) is 36.4 Å². The number of aromatic nitrogens is 1. The second kappa shape index (κ2) is 5.53. The molecule has 0 fully saturated rings. The van der Waals surface area contributed by atoms with Crippen LogP contribution in [0.4, 0.5) is 0 Å². The molecule has 1 aromatic heterocycles. The maximum Gasteiger partial charge on any atom is 0.124 e. The fourth-order valence-electron chi connectivity index (χ4n) is 2.15. The zero-order valence-corrected chi connectivity index (χ0v) is 10.9. The molecule has 0 unspecified atom stereocenters. The van der Waals surface area contributed by atoms with Crippen molar-refractivity contribution in [1.29, 1.82) is 0 Å². The Morgan fingerprint density at radius 2 is 1.95 bits per heavy atom. The van der Waals surface area contributed by atoms with E-state index >= 15 is 0 Å². The molecule has 0 aliphatic carbocycles. The van der Waals surface area contributed by atoms with Crippen molar-refractivity contribution in [1.82, 2.24) is 4.98 Å². The van der Waals surface area contributed by atoms with E-state index in [0.717, 1.165) is 21.9 Å². The summed E-state index contributed by atoms with van der Waals surface area (Å²) in [6.45, 7) is 0.552. The number of phenols is 1. The molecule has 0 aliphatic heterocycles. The summed E-state index contributed by atoms with van der Waals surface area (Å²) in [4.78, 5) is 8.45. The molecule has 0 amide bonds. The van der Waals surface area contributed by atoms with Gasteiger partial charge >= 0.3 is 0 Å². The molecule has 3 heteroatoms. The Morgan fingerprint density at radius 3 is 2.80 bits per heavy atom. The summed E-state index contributed by atoms with van der Waals surface area (Å²) in [5.41, 5.74) is 1.80. The SMILES string of the molecule is Oc1ccc2ccccc2c1/C=N/Cc1cccnc1. The first kappa shape index (κ1) is 12.4. The molecule has 3 nitrogen and oxygen atoms in total. The van der Waals surface area contributed by atoms with Crippen LogP contribution in [-0.4, -0.2) is 16.3 Å². The number of fused-ring (bicyclic) bond motifs is 1. The standard InChI is InChI=1S/C17H14N2O/c20-17-8-7-14-5-1-2-6-15(14)16(17)12-19-11-13-4-3-9-18-10-13/h1-10,12,20H,11H2/b19-12+. The van der Waals surface area contributed by atoms with Crippen molar-refractivity contribution in [2.75, 3.05) is 0 Å². The minimum absolute atomic E-state index is 0.249. The van der Waals surface area contributed by atoms with E-state index < -0.39 is 0 Å². The van der Waals surface area contributed by atoms with Gasteiger partial charge in [-0.2, -0.15) is 0 Å². The highest BCUT2D eigenvalue weighted by Gasteiger charge is 2.03. The zero-order valence-electron chi connectivity index (χ0n) is 10.9. The Labute approximate surface area is 117 Å². The number of nitrogens with zero attached hydrogens (tertiary/aromatic N) is 2. The van der Waals surface area contributed by atoms with Crippen LogP contribution in [0.25, 0.3) is 10.8 Å². The molecule has 20 heavy (non-hydrogen) atoms. The number of aromatic hydroxyl groups is 1. The molecule has 0 saturated carbocycles. The van der Waals surface area contributed by atoms with E-state index in [9.17, 15) is 5.11 Å². The van der Waals surface area contributed by atoms with Crippen molar-refractivity contribution in [2.45, 2.75) is 6.54 Å². The van der Waals surface area contributed by atoms with E-state index in [1.54, 1.807) is 24.7 Å². The first-order valence-electron chi connectivity index (χ1n) is 6.44. The van der Waals surface area contributed by atoms with Crippen LogP contribution in [-0.2, 0) is 6.54 Å². The monoisotopic (exact) mass is 262 g/mol. The summed E-state index contributed by atoms with van der Waals surface area (Å²) in [6, 6.07) is 15.4.